The number of rotatable bonds is 1. The van der Waals surface area contributed by atoms with Gasteiger partial charge in [-0.25, -0.2) is 4.39 Å². The molecule has 0 bridgehead atoms. The second kappa shape index (κ2) is 3.11. The SMILES string of the molecule is OCc1cc2cccnc2cc1F. The molecule has 0 saturated heterocycles. The van der Waals surface area contributed by atoms with Crippen LogP contribution >= 0.6 is 0 Å². The van der Waals surface area contributed by atoms with Crippen LogP contribution in [0.4, 0.5) is 4.39 Å². The summed E-state index contributed by atoms with van der Waals surface area (Å²) in [5, 5.41) is 9.66. The molecule has 2 rings (SSSR count). The molecule has 1 N–H and O–H groups in total. The average Bonchev–Trinajstić information content (AvgIpc) is 2.17. The van der Waals surface area contributed by atoms with Gasteiger partial charge >= 0.3 is 0 Å². The highest BCUT2D eigenvalue weighted by Gasteiger charge is 2.03. The first kappa shape index (κ1) is 8.13. The zero-order valence-electron chi connectivity index (χ0n) is 6.87. The summed E-state index contributed by atoms with van der Waals surface area (Å²) in [5.41, 5.74) is 0.915. The van der Waals surface area contributed by atoms with E-state index in [1.54, 1.807) is 18.3 Å². The van der Waals surface area contributed by atoms with Crippen molar-refractivity contribution in [3.63, 3.8) is 0 Å². The number of aliphatic hydroxyl groups is 1. The number of benzene rings is 1. The van der Waals surface area contributed by atoms with E-state index in [-0.39, 0.29) is 6.61 Å². The molecular weight excluding hydrogens is 169 g/mol. The van der Waals surface area contributed by atoms with E-state index in [2.05, 4.69) is 4.98 Å². The minimum atomic E-state index is -0.409. The van der Waals surface area contributed by atoms with Gasteiger partial charge in [0, 0.05) is 23.2 Å². The molecule has 66 valence electrons. The van der Waals surface area contributed by atoms with Crippen LogP contribution in [0.2, 0.25) is 0 Å². The molecule has 0 aliphatic carbocycles. The second-order valence-electron chi connectivity index (χ2n) is 2.80. The number of aromatic nitrogens is 1. The van der Waals surface area contributed by atoms with Crippen LogP contribution in [0.25, 0.3) is 10.9 Å². The predicted octanol–water partition coefficient (Wildman–Crippen LogP) is 1.87. The fourth-order valence-electron chi connectivity index (χ4n) is 1.26. The summed E-state index contributed by atoms with van der Waals surface area (Å²) in [4.78, 5) is 4.00. The molecule has 0 amide bonds. The minimum Gasteiger partial charge on any atom is -0.392 e. The van der Waals surface area contributed by atoms with Crippen molar-refractivity contribution in [2.24, 2.45) is 0 Å². The first-order valence-corrected chi connectivity index (χ1v) is 3.95. The molecule has 0 aliphatic rings. The summed E-state index contributed by atoms with van der Waals surface area (Å²) in [7, 11) is 0. The zero-order valence-corrected chi connectivity index (χ0v) is 6.87. The Labute approximate surface area is 74.7 Å². The van der Waals surface area contributed by atoms with Gasteiger partial charge in [0.25, 0.3) is 0 Å². The predicted molar refractivity (Wildman–Crippen MR) is 47.6 cm³/mol. The number of halogens is 1. The Bertz CT molecular complexity index is 442. The van der Waals surface area contributed by atoms with Crippen molar-refractivity contribution < 1.29 is 9.50 Å². The van der Waals surface area contributed by atoms with Gasteiger partial charge in [-0.1, -0.05) is 6.07 Å². The Morgan fingerprint density at radius 2 is 2.23 bits per heavy atom. The van der Waals surface area contributed by atoms with Crippen LogP contribution in [-0.2, 0) is 6.61 Å². The van der Waals surface area contributed by atoms with Gasteiger partial charge in [0.15, 0.2) is 0 Å². The molecule has 0 fully saturated rings. The quantitative estimate of drug-likeness (QED) is 0.721. The Hall–Kier alpha value is -1.48. The highest BCUT2D eigenvalue weighted by molar-refractivity contribution is 5.79. The molecule has 1 aromatic carbocycles. The lowest BCUT2D eigenvalue weighted by Gasteiger charge is -2.01. The van der Waals surface area contributed by atoms with E-state index in [0.29, 0.717) is 11.1 Å². The molecule has 0 radical (unpaired) electrons. The van der Waals surface area contributed by atoms with Crippen LogP contribution in [0.3, 0.4) is 0 Å². The standard InChI is InChI=1S/C10H8FNO/c11-9-5-10-7(2-1-3-12-10)4-8(9)6-13/h1-5,13H,6H2. The molecule has 1 aromatic heterocycles. The minimum absolute atomic E-state index is 0.281. The van der Waals surface area contributed by atoms with Gasteiger partial charge in [-0.05, 0) is 12.1 Å². The summed E-state index contributed by atoms with van der Waals surface area (Å²) in [6, 6.07) is 6.56. The molecule has 0 spiro atoms. The van der Waals surface area contributed by atoms with Crippen LogP contribution in [0.15, 0.2) is 30.5 Å². The smallest absolute Gasteiger partial charge is 0.130 e. The highest BCUT2D eigenvalue weighted by atomic mass is 19.1. The van der Waals surface area contributed by atoms with Crippen LogP contribution in [0, 0.1) is 5.82 Å². The van der Waals surface area contributed by atoms with Crippen molar-refractivity contribution in [2.75, 3.05) is 0 Å². The van der Waals surface area contributed by atoms with E-state index >= 15 is 0 Å². The molecule has 1 heterocycles. The van der Waals surface area contributed by atoms with Crippen LogP contribution in [0.1, 0.15) is 5.56 Å². The highest BCUT2D eigenvalue weighted by Crippen LogP contribution is 2.16. The molecular formula is C10H8FNO. The van der Waals surface area contributed by atoms with E-state index in [4.69, 9.17) is 5.11 Å². The number of nitrogens with zero attached hydrogens (tertiary/aromatic N) is 1. The molecule has 0 atom stereocenters. The maximum absolute atomic E-state index is 13.1. The third kappa shape index (κ3) is 1.38. The molecule has 0 saturated carbocycles. The van der Waals surface area contributed by atoms with Crippen molar-refractivity contribution in [1.29, 1.82) is 0 Å². The fourth-order valence-corrected chi connectivity index (χ4v) is 1.26. The number of hydrogen-bond donors (Lipinski definition) is 1. The van der Waals surface area contributed by atoms with E-state index in [9.17, 15) is 4.39 Å². The van der Waals surface area contributed by atoms with Crippen molar-refractivity contribution >= 4 is 10.9 Å². The number of pyridine rings is 1. The summed E-state index contributed by atoms with van der Waals surface area (Å²) in [6.45, 7) is -0.281. The molecule has 3 heteroatoms. The Kier molecular flexibility index (Phi) is 1.94. The second-order valence-corrected chi connectivity index (χ2v) is 2.80. The summed E-state index contributed by atoms with van der Waals surface area (Å²) in [6.07, 6.45) is 1.61. The first-order valence-electron chi connectivity index (χ1n) is 3.95. The van der Waals surface area contributed by atoms with Crippen molar-refractivity contribution in [3.8, 4) is 0 Å². The fraction of sp³-hybridized carbons (Fsp3) is 0.100. The summed E-state index contributed by atoms with van der Waals surface area (Å²) >= 11 is 0. The Balaban J connectivity index is 2.74. The van der Waals surface area contributed by atoms with E-state index < -0.39 is 5.82 Å². The lowest BCUT2D eigenvalue weighted by molar-refractivity contribution is 0.276. The molecule has 0 unspecified atom stereocenters. The van der Waals surface area contributed by atoms with Crippen LogP contribution in [-0.4, -0.2) is 10.1 Å². The average molecular weight is 177 g/mol. The number of aliphatic hydroxyl groups excluding tert-OH is 1. The monoisotopic (exact) mass is 177 g/mol. The summed E-state index contributed by atoms with van der Waals surface area (Å²) < 4.78 is 13.1. The van der Waals surface area contributed by atoms with Gasteiger partial charge in [0.1, 0.15) is 5.82 Å². The maximum atomic E-state index is 13.1. The van der Waals surface area contributed by atoms with Crippen LogP contribution < -0.4 is 0 Å². The van der Waals surface area contributed by atoms with E-state index in [1.165, 1.54) is 6.07 Å². The Morgan fingerprint density at radius 3 is 3.00 bits per heavy atom. The number of hydrogen-bond acceptors (Lipinski definition) is 2. The lowest BCUT2D eigenvalue weighted by Crippen LogP contribution is -1.90. The van der Waals surface area contributed by atoms with Crippen molar-refractivity contribution in [2.45, 2.75) is 6.61 Å². The van der Waals surface area contributed by atoms with E-state index in [0.717, 1.165) is 5.39 Å². The topological polar surface area (TPSA) is 33.1 Å². The molecule has 2 nitrogen and oxygen atoms in total. The van der Waals surface area contributed by atoms with Gasteiger partial charge in [-0.2, -0.15) is 0 Å². The maximum Gasteiger partial charge on any atom is 0.130 e. The molecule has 0 aliphatic heterocycles. The first-order chi connectivity index (χ1) is 6.31. The van der Waals surface area contributed by atoms with Crippen molar-refractivity contribution in [1.82, 2.24) is 4.98 Å². The van der Waals surface area contributed by atoms with E-state index in [1.807, 2.05) is 6.07 Å². The lowest BCUT2D eigenvalue weighted by atomic mass is 10.1. The largest absolute Gasteiger partial charge is 0.392 e. The third-order valence-corrected chi connectivity index (χ3v) is 1.94. The zero-order chi connectivity index (χ0) is 9.26. The van der Waals surface area contributed by atoms with Gasteiger partial charge in [-0.3, -0.25) is 4.98 Å². The van der Waals surface area contributed by atoms with Gasteiger partial charge < -0.3 is 5.11 Å². The van der Waals surface area contributed by atoms with Gasteiger partial charge in [0.05, 0.1) is 12.1 Å². The van der Waals surface area contributed by atoms with Gasteiger partial charge in [0.2, 0.25) is 0 Å². The van der Waals surface area contributed by atoms with Gasteiger partial charge in [-0.15, -0.1) is 0 Å². The summed E-state index contributed by atoms with van der Waals surface area (Å²) in [5.74, 6) is -0.409. The number of fused-ring (bicyclic) bond motifs is 1. The third-order valence-electron chi connectivity index (χ3n) is 1.94. The van der Waals surface area contributed by atoms with Crippen molar-refractivity contribution in [3.05, 3.63) is 41.8 Å². The Morgan fingerprint density at radius 1 is 1.38 bits per heavy atom. The van der Waals surface area contributed by atoms with Crippen LogP contribution in [0.5, 0.6) is 0 Å². The molecule has 2 aromatic rings. The molecule has 13 heavy (non-hydrogen) atoms. The normalized spacial score (nSPS) is 10.6.